The lowest BCUT2D eigenvalue weighted by atomic mass is 9.94. The Labute approximate surface area is 149 Å². The second-order valence-corrected chi connectivity index (χ2v) is 7.05. The topological polar surface area (TPSA) is 63.1 Å². The Kier molecular flexibility index (Phi) is 5.68. The average molecular weight is 341 g/mol. The van der Waals surface area contributed by atoms with Gasteiger partial charge in [0.25, 0.3) is 0 Å². The fourth-order valence-corrected chi connectivity index (χ4v) is 3.40. The number of likely N-dealkylation sites (tertiary alicyclic amines) is 1. The number of aromatic nitrogens is 3. The smallest absolute Gasteiger partial charge is 0.317 e. The molecule has 1 aliphatic rings. The number of benzene rings is 1. The van der Waals surface area contributed by atoms with Gasteiger partial charge in [0, 0.05) is 32.1 Å². The molecule has 1 fully saturated rings. The molecule has 0 spiro atoms. The van der Waals surface area contributed by atoms with Crippen molar-refractivity contribution >= 4 is 6.03 Å². The fraction of sp³-hybridized carbons (Fsp3) is 0.526. The van der Waals surface area contributed by atoms with Gasteiger partial charge in [0.1, 0.15) is 12.2 Å². The molecule has 6 nitrogen and oxygen atoms in total. The van der Waals surface area contributed by atoms with Crippen LogP contribution >= 0.6 is 0 Å². The minimum absolute atomic E-state index is 0.0267. The molecule has 1 aromatic heterocycles. The Hall–Kier alpha value is -2.37. The van der Waals surface area contributed by atoms with Crippen LogP contribution in [0.1, 0.15) is 44.1 Å². The third kappa shape index (κ3) is 4.59. The van der Waals surface area contributed by atoms with Gasteiger partial charge in [-0.2, -0.15) is 0 Å². The number of urea groups is 1. The SMILES string of the molecule is CC(C)n1cnnc1CC1CCCN(C(=O)NCc2ccccc2)C1. The van der Waals surface area contributed by atoms with Crippen molar-refractivity contribution in [3.8, 4) is 0 Å². The number of hydrogen-bond donors (Lipinski definition) is 1. The van der Waals surface area contributed by atoms with Crippen LogP contribution in [0.25, 0.3) is 0 Å². The molecule has 6 heteroatoms. The summed E-state index contributed by atoms with van der Waals surface area (Å²) in [6, 6.07) is 10.4. The molecule has 0 aliphatic carbocycles. The van der Waals surface area contributed by atoms with Crippen LogP contribution in [-0.2, 0) is 13.0 Å². The molecule has 1 saturated heterocycles. The molecular weight excluding hydrogens is 314 g/mol. The van der Waals surface area contributed by atoms with E-state index in [0.717, 1.165) is 43.7 Å². The van der Waals surface area contributed by atoms with E-state index in [1.807, 2.05) is 35.2 Å². The predicted molar refractivity (Wildman–Crippen MR) is 97.1 cm³/mol. The molecule has 2 aromatic rings. The van der Waals surface area contributed by atoms with E-state index in [1.165, 1.54) is 0 Å². The molecule has 1 aliphatic heterocycles. The Balaban J connectivity index is 1.53. The van der Waals surface area contributed by atoms with Gasteiger partial charge in [-0.3, -0.25) is 0 Å². The monoisotopic (exact) mass is 341 g/mol. The number of nitrogens with one attached hydrogen (secondary N) is 1. The first kappa shape index (κ1) is 17.5. The molecule has 1 unspecified atom stereocenters. The van der Waals surface area contributed by atoms with E-state index in [1.54, 1.807) is 6.33 Å². The third-order valence-electron chi connectivity index (χ3n) is 4.77. The summed E-state index contributed by atoms with van der Waals surface area (Å²) in [5, 5.41) is 11.3. The minimum Gasteiger partial charge on any atom is -0.334 e. The zero-order chi connectivity index (χ0) is 17.6. The van der Waals surface area contributed by atoms with Crippen LogP contribution in [-0.4, -0.2) is 38.8 Å². The number of nitrogens with zero attached hydrogens (tertiary/aromatic N) is 4. The van der Waals surface area contributed by atoms with Crippen molar-refractivity contribution in [2.75, 3.05) is 13.1 Å². The average Bonchev–Trinajstić information content (AvgIpc) is 3.09. The predicted octanol–water partition coefficient (Wildman–Crippen LogP) is 3.02. The maximum absolute atomic E-state index is 12.5. The number of hydrogen-bond acceptors (Lipinski definition) is 3. The molecular formula is C19H27N5O. The van der Waals surface area contributed by atoms with Gasteiger partial charge in [-0.1, -0.05) is 30.3 Å². The van der Waals surface area contributed by atoms with Crippen LogP contribution < -0.4 is 5.32 Å². The zero-order valence-electron chi connectivity index (χ0n) is 15.1. The number of carbonyl (C=O) groups is 1. The van der Waals surface area contributed by atoms with Crippen LogP contribution in [0, 0.1) is 5.92 Å². The maximum atomic E-state index is 12.5. The molecule has 1 atom stereocenters. The maximum Gasteiger partial charge on any atom is 0.317 e. The summed E-state index contributed by atoms with van der Waals surface area (Å²) < 4.78 is 2.12. The van der Waals surface area contributed by atoms with E-state index in [0.29, 0.717) is 18.5 Å². The van der Waals surface area contributed by atoms with Crippen LogP contribution in [0.3, 0.4) is 0 Å². The molecule has 3 rings (SSSR count). The Morgan fingerprint density at radius 1 is 1.32 bits per heavy atom. The molecule has 25 heavy (non-hydrogen) atoms. The number of amides is 2. The first-order chi connectivity index (χ1) is 12.1. The second kappa shape index (κ2) is 8.14. The van der Waals surface area contributed by atoms with Gasteiger partial charge in [0.2, 0.25) is 0 Å². The summed E-state index contributed by atoms with van der Waals surface area (Å²) in [5.74, 6) is 1.46. The molecule has 1 N–H and O–H groups in total. The van der Waals surface area contributed by atoms with Crippen molar-refractivity contribution < 1.29 is 4.79 Å². The van der Waals surface area contributed by atoms with Crippen LogP contribution in [0.15, 0.2) is 36.7 Å². The highest BCUT2D eigenvalue weighted by atomic mass is 16.2. The first-order valence-corrected chi connectivity index (χ1v) is 9.08. The molecule has 2 amide bonds. The highest BCUT2D eigenvalue weighted by Gasteiger charge is 2.25. The lowest BCUT2D eigenvalue weighted by molar-refractivity contribution is 0.163. The quantitative estimate of drug-likeness (QED) is 0.909. The Morgan fingerprint density at radius 3 is 2.88 bits per heavy atom. The van der Waals surface area contributed by atoms with E-state index >= 15 is 0 Å². The Bertz CT molecular complexity index is 682. The molecule has 2 heterocycles. The fourth-order valence-electron chi connectivity index (χ4n) is 3.40. The summed E-state index contributed by atoms with van der Waals surface area (Å²) in [6.07, 6.45) is 4.85. The van der Waals surface area contributed by atoms with Gasteiger partial charge in [-0.25, -0.2) is 4.79 Å². The van der Waals surface area contributed by atoms with Crippen molar-refractivity contribution in [2.24, 2.45) is 5.92 Å². The molecule has 0 bridgehead atoms. The van der Waals surface area contributed by atoms with Crippen molar-refractivity contribution in [1.29, 1.82) is 0 Å². The van der Waals surface area contributed by atoms with Gasteiger partial charge in [-0.15, -0.1) is 10.2 Å². The van der Waals surface area contributed by atoms with Gasteiger partial charge in [0.05, 0.1) is 0 Å². The van der Waals surface area contributed by atoms with Crippen molar-refractivity contribution in [3.63, 3.8) is 0 Å². The van der Waals surface area contributed by atoms with Crippen molar-refractivity contribution in [1.82, 2.24) is 25.0 Å². The summed E-state index contributed by atoms with van der Waals surface area (Å²) in [4.78, 5) is 14.4. The summed E-state index contributed by atoms with van der Waals surface area (Å²) >= 11 is 0. The highest BCUT2D eigenvalue weighted by Crippen LogP contribution is 2.21. The van der Waals surface area contributed by atoms with Gasteiger partial charge in [-0.05, 0) is 38.2 Å². The molecule has 1 aromatic carbocycles. The highest BCUT2D eigenvalue weighted by molar-refractivity contribution is 5.74. The van der Waals surface area contributed by atoms with Crippen LogP contribution in [0.2, 0.25) is 0 Å². The van der Waals surface area contributed by atoms with Gasteiger partial charge in [0.15, 0.2) is 0 Å². The molecule has 0 radical (unpaired) electrons. The van der Waals surface area contributed by atoms with Gasteiger partial charge < -0.3 is 14.8 Å². The lowest BCUT2D eigenvalue weighted by Gasteiger charge is -2.32. The molecule has 0 saturated carbocycles. The van der Waals surface area contributed by atoms with Crippen LogP contribution in [0.5, 0.6) is 0 Å². The second-order valence-electron chi connectivity index (χ2n) is 7.05. The number of rotatable bonds is 5. The van der Waals surface area contributed by atoms with E-state index in [2.05, 4.69) is 33.9 Å². The van der Waals surface area contributed by atoms with Gasteiger partial charge >= 0.3 is 6.03 Å². The number of carbonyl (C=O) groups excluding carboxylic acids is 1. The Morgan fingerprint density at radius 2 is 2.12 bits per heavy atom. The van der Waals surface area contributed by atoms with Crippen molar-refractivity contribution in [2.45, 2.75) is 45.7 Å². The largest absolute Gasteiger partial charge is 0.334 e. The third-order valence-corrected chi connectivity index (χ3v) is 4.77. The normalized spacial score (nSPS) is 17.7. The number of piperidine rings is 1. The van der Waals surface area contributed by atoms with E-state index in [-0.39, 0.29) is 6.03 Å². The lowest BCUT2D eigenvalue weighted by Crippen LogP contribution is -2.45. The first-order valence-electron chi connectivity index (χ1n) is 9.08. The minimum atomic E-state index is 0.0267. The van der Waals surface area contributed by atoms with Crippen LogP contribution in [0.4, 0.5) is 4.79 Å². The van der Waals surface area contributed by atoms with E-state index in [4.69, 9.17) is 0 Å². The van der Waals surface area contributed by atoms with E-state index < -0.39 is 0 Å². The zero-order valence-corrected chi connectivity index (χ0v) is 15.1. The van der Waals surface area contributed by atoms with E-state index in [9.17, 15) is 4.79 Å². The molecule has 134 valence electrons. The van der Waals surface area contributed by atoms with Crippen molar-refractivity contribution in [3.05, 3.63) is 48.0 Å². The summed E-state index contributed by atoms with van der Waals surface area (Å²) in [5.41, 5.74) is 1.12. The summed E-state index contributed by atoms with van der Waals surface area (Å²) in [6.45, 7) is 6.45. The standard InChI is InChI=1S/C19H27N5O/c1-15(2)24-14-21-22-18(24)11-17-9-6-10-23(13-17)19(25)20-12-16-7-4-3-5-8-16/h3-5,7-8,14-15,17H,6,9-13H2,1-2H3,(H,20,25). The summed E-state index contributed by atoms with van der Waals surface area (Å²) in [7, 11) is 0.